The summed E-state index contributed by atoms with van der Waals surface area (Å²) in [4.78, 5) is 48.0. The number of nitrogen functional groups attached to an aromatic ring is 2. The molecule has 1 amide bonds. The zero-order valence-electron chi connectivity index (χ0n) is 21.2. The molecule has 6 N–H and O–H groups in total. The number of carbonyl (C=O) groups excluding carboxylic acids is 3. The fourth-order valence-corrected chi connectivity index (χ4v) is 4.04. The molecule has 3 aromatic rings. The second-order valence-corrected chi connectivity index (χ2v) is 8.53. The number of rotatable bonds is 13. The van der Waals surface area contributed by atoms with E-state index in [-0.39, 0.29) is 32.0 Å². The summed E-state index contributed by atoms with van der Waals surface area (Å²) < 4.78 is 9.95. The van der Waals surface area contributed by atoms with Crippen LogP contribution in [0.3, 0.4) is 0 Å². The third-order valence-electron chi connectivity index (χ3n) is 5.86. The predicted molar refractivity (Wildman–Crippen MR) is 140 cm³/mol. The molecule has 0 spiro atoms. The molecule has 1 aromatic carbocycles. The van der Waals surface area contributed by atoms with Gasteiger partial charge < -0.3 is 31.2 Å². The maximum atomic E-state index is 12.7. The first-order valence-corrected chi connectivity index (χ1v) is 12.4. The van der Waals surface area contributed by atoms with Crippen molar-refractivity contribution >= 4 is 40.6 Å². The van der Waals surface area contributed by atoms with Crippen LogP contribution in [0.15, 0.2) is 30.5 Å². The molecule has 0 unspecified atom stereocenters. The maximum absolute atomic E-state index is 12.7. The van der Waals surface area contributed by atoms with Crippen molar-refractivity contribution in [3.63, 3.8) is 0 Å². The van der Waals surface area contributed by atoms with Crippen LogP contribution in [0, 0.1) is 0 Å². The highest BCUT2D eigenvalue weighted by Crippen LogP contribution is 2.24. The second-order valence-electron chi connectivity index (χ2n) is 8.53. The van der Waals surface area contributed by atoms with Crippen LogP contribution in [0.2, 0.25) is 0 Å². The lowest BCUT2D eigenvalue weighted by Crippen LogP contribution is -2.42. The molecule has 11 nitrogen and oxygen atoms in total. The smallest absolute Gasteiger partial charge is 0.328 e. The molecule has 3 rings (SSSR count). The number of H-pyrrole nitrogens is 1. The van der Waals surface area contributed by atoms with Gasteiger partial charge in [-0.15, -0.1) is 0 Å². The van der Waals surface area contributed by atoms with Crippen molar-refractivity contribution in [3.05, 3.63) is 47.2 Å². The minimum absolute atomic E-state index is 0.00274. The number of fused-ring (bicyclic) bond motifs is 1. The Morgan fingerprint density at radius 1 is 1.00 bits per heavy atom. The molecule has 0 aliphatic heterocycles. The number of esters is 2. The lowest BCUT2D eigenvalue weighted by Gasteiger charge is -2.17. The van der Waals surface area contributed by atoms with Crippen molar-refractivity contribution in [3.8, 4) is 0 Å². The molecule has 0 radical (unpaired) electrons. The number of nitrogens with one attached hydrogen (secondary N) is 2. The van der Waals surface area contributed by atoms with Crippen LogP contribution in [0.1, 0.15) is 61.0 Å². The van der Waals surface area contributed by atoms with Gasteiger partial charge in [0.15, 0.2) is 0 Å². The minimum Gasteiger partial charge on any atom is -0.466 e. The van der Waals surface area contributed by atoms with Crippen LogP contribution in [-0.2, 0) is 31.9 Å². The Morgan fingerprint density at radius 2 is 1.70 bits per heavy atom. The molecule has 1 atom stereocenters. The molecule has 37 heavy (non-hydrogen) atoms. The third-order valence-corrected chi connectivity index (χ3v) is 5.86. The Kier molecular flexibility index (Phi) is 9.82. The van der Waals surface area contributed by atoms with Gasteiger partial charge in [-0.3, -0.25) is 9.59 Å². The minimum atomic E-state index is -0.933. The van der Waals surface area contributed by atoms with Gasteiger partial charge >= 0.3 is 11.9 Å². The number of benzene rings is 1. The standard InChI is InChI=1S/C26H34N6O5/c1-3-36-20(33)14-13-19(25(35)37-4-2)30-24(34)17-11-9-16(10-12-17)7-5-6-8-18-15-29-23-21(18)22(27)31-26(28)32-23/h9-12,15,19H,3-8,13-14H2,1-2H3,(H,30,34)(H5,27,28,29,31,32)/t19-/m1/s1. The van der Waals surface area contributed by atoms with Crippen molar-refractivity contribution in [2.24, 2.45) is 0 Å². The Morgan fingerprint density at radius 3 is 2.41 bits per heavy atom. The largest absolute Gasteiger partial charge is 0.466 e. The lowest BCUT2D eigenvalue weighted by atomic mass is 10.0. The van der Waals surface area contributed by atoms with Crippen molar-refractivity contribution in [1.82, 2.24) is 20.3 Å². The monoisotopic (exact) mass is 510 g/mol. The molecule has 0 aliphatic carbocycles. The van der Waals surface area contributed by atoms with Crippen LogP contribution in [0.5, 0.6) is 0 Å². The Labute approximate surface area is 215 Å². The van der Waals surface area contributed by atoms with Crippen molar-refractivity contribution in [2.75, 3.05) is 24.7 Å². The van der Waals surface area contributed by atoms with Gasteiger partial charge in [-0.05, 0) is 69.2 Å². The molecular weight excluding hydrogens is 476 g/mol. The summed E-state index contributed by atoms with van der Waals surface area (Å²) in [7, 11) is 0. The highest BCUT2D eigenvalue weighted by molar-refractivity contribution is 5.97. The predicted octanol–water partition coefficient (Wildman–Crippen LogP) is 2.69. The van der Waals surface area contributed by atoms with E-state index in [1.54, 1.807) is 26.0 Å². The number of amides is 1. The van der Waals surface area contributed by atoms with E-state index in [1.807, 2.05) is 18.3 Å². The topological polar surface area (TPSA) is 175 Å². The number of unbranched alkanes of at least 4 members (excludes halogenated alkanes) is 1. The van der Waals surface area contributed by atoms with Gasteiger partial charge in [0.2, 0.25) is 5.95 Å². The molecule has 2 heterocycles. The number of nitrogens with two attached hydrogens (primary N) is 2. The molecule has 0 saturated heterocycles. The average Bonchev–Trinajstić information content (AvgIpc) is 3.28. The zero-order valence-corrected chi connectivity index (χ0v) is 21.2. The zero-order chi connectivity index (χ0) is 26.8. The first-order chi connectivity index (χ1) is 17.8. The number of hydrogen-bond acceptors (Lipinski definition) is 9. The molecule has 198 valence electrons. The van der Waals surface area contributed by atoms with E-state index in [9.17, 15) is 14.4 Å². The van der Waals surface area contributed by atoms with Crippen LogP contribution < -0.4 is 16.8 Å². The third kappa shape index (κ3) is 7.66. The van der Waals surface area contributed by atoms with Gasteiger partial charge in [0.05, 0.1) is 18.6 Å². The summed E-state index contributed by atoms with van der Waals surface area (Å²) in [6, 6.07) is 6.30. The van der Waals surface area contributed by atoms with Crippen LogP contribution >= 0.6 is 0 Å². The maximum Gasteiger partial charge on any atom is 0.328 e. The average molecular weight is 511 g/mol. The second kappa shape index (κ2) is 13.2. The molecule has 0 saturated carbocycles. The van der Waals surface area contributed by atoms with Crippen molar-refractivity contribution in [2.45, 2.75) is 58.4 Å². The van der Waals surface area contributed by atoms with Crippen molar-refractivity contribution in [1.29, 1.82) is 0 Å². The van der Waals surface area contributed by atoms with Gasteiger partial charge in [-0.2, -0.15) is 9.97 Å². The summed E-state index contributed by atoms with van der Waals surface area (Å²) in [5.74, 6) is -0.902. The number of ether oxygens (including phenoxy) is 2. The Bertz CT molecular complexity index is 1220. The highest BCUT2D eigenvalue weighted by Gasteiger charge is 2.24. The molecule has 0 bridgehead atoms. The number of nitrogens with zero attached hydrogens (tertiary/aromatic N) is 2. The van der Waals surface area contributed by atoms with Crippen molar-refractivity contribution < 1.29 is 23.9 Å². The van der Waals surface area contributed by atoms with Gasteiger partial charge in [0, 0.05) is 18.2 Å². The number of anilines is 2. The number of aryl methyl sites for hydroxylation is 2. The molecule has 0 aliphatic rings. The summed E-state index contributed by atoms with van der Waals surface area (Å²) in [6.07, 6.45) is 5.52. The summed E-state index contributed by atoms with van der Waals surface area (Å²) in [5.41, 5.74) is 14.9. The lowest BCUT2D eigenvalue weighted by molar-refractivity contribution is -0.146. The fourth-order valence-electron chi connectivity index (χ4n) is 4.04. The van der Waals surface area contributed by atoms with E-state index >= 15 is 0 Å². The normalized spacial score (nSPS) is 11.7. The van der Waals surface area contributed by atoms with Gasteiger partial charge in [-0.25, -0.2) is 4.79 Å². The highest BCUT2D eigenvalue weighted by atomic mass is 16.5. The Hall–Kier alpha value is -4.15. The van der Waals surface area contributed by atoms with E-state index < -0.39 is 23.9 Å². The van der Waals surface area contributed by atoms with Crippen LogP contribution in [-0.4, -0.2) is 52.1 Å². The molecule has 11 heteroatoms. The quantitative estimate of drug-likeness (QED) is 0.199. The molecule has 0 fully saturated rings. The van der Waals surface area contributed by atoms with E-state index in [1.165, 1.54) is 0 Å². The number of aromatic nitrogens is 3. The van der Waals surface area contributed by atoms with E-state index in [4.69, 9.17) is 20.9 Å². The SMILES string of the molecule is CCOC(=O)CC[C@@H](NC(=O)c1ccc(CCCCc2c[nH]c3nc(N)nc(N)c23)cc1)C(=O)OCC. The first kappa shape index (κ1) is 27.4. The van der Waals surface area contributed by atoms with E-state index in [0.717, 1.165) is 42.2 Å². The van der Waals surface area contributed by atoms with E-state index in [2.05, 4.69) is 20.3 Å². The summed E-state index contributed by atoms with van der Waals surface area (Å²) in [5, 5.41) is 3.49. The Balaban J connectivity index is 1.51. The number of hydrogen-bond donors (Lipinski definition) is 4. The first-order valence-electron chi connectivity index (χ1n) is 12.4. The number of carbonyl (C=O) groups is 3. The van der Waals surface area contributed by atoms with Crippen LogP contribution in [0.4, 0.5) is 11.8 Å². The fraction of sp³-hybridized carbons (Fsp3) is 0.423. The van der Waals surface area contributed by atoms with Gasteiger partial charge in [0.1, 0.15) is 17.5 Å². The van der Waals surface area contributed by atoms with Crippen LogP contribution in [0.25, 0.3) is 11.0 Å². The van der Waals surface area contributed by atoms with Gasteiger partial charge in [-0.1, -0.05) is 12.1 Å². The van der Waals surface area contributed by atoms with Gasteiger partial charge in [0.25, 0.3) is 5.91 Å². The summed E-state index contributed by atoms with van der Waals surface area (Å²) in [6.45, 7) is 3.82. The summed E-state index contributed by atoms with van der Waals surface area (Å²) >= 11 is 0. The molecule has 2 aromatic heterocycles. The number of aromatic amines is 1. The molecular formula is C26H34N6O5. The van der Waals surface area contributed by atoms with E-state index in [0.29, 0.717) is 17.0 Å².